The molecule has 0 radical (unpaired) electrons. The van der Waals surface area contributed by atoms with Crippen LogP contribution in [0.5, 0.6) is 0 Å². The van der Waals surface area contributed by atoms with Gasteiger partial charge >= 0.3 is 0 Å². The molecule has 0 amide bonds. The van der Waals surface area contributed by atoms with E-state index in [-0.39, 0.29) is 0 Å². The van der Waals surface area contributed by atoms with E-state index in [1.807, 2.05) is 13.8 Å². The molecule has 0 aliphatic carbocycles. The Bertz CT molecular complexity index is 94.7. The summed E-state index contributed by atoms with van der Waals surface area (Å²) >= 11 is 0. The van der Waals surface area contributed by atoms with Crippen molar-refractivity contribution >= 4 is 0 Å². The Hall–Kier alpha value is -0.0800. The second kappa shape index (κ2) is 13.9. The average molecular weight is 217 g/mol. The molecule has 2 heteroatoms. The topological polar surface area (TPSA) is 32.3 Å². The number of rotatable bonds is 3. The van der Waals surface area contributed by atoms with Crippen molar-refractivity contribution < 1.29 is 5.11 Å². The highest BCUT2D eigenvalue weighted by molar-refractivity contribution is 4.75. The van der Waals surface area contributed by atoms with E-state index in [4.69, 9.17) is 5.11 Å². The molecule has 1 heterocycles. The molecule has 0 aromatic heterocycles. The SMILES string of the molecule is CC.CC1CCNC1C.CCCCCO. The molecule has 0 bridgehead atoms. The van der Waals surface area contributed by atoms with Crippen molar-refractivity contribution in [3.8, 4) is 0 Å². The van der Waals surface area contributed by atoms with Crippen molar-refractivity contribution in [1.29, 1.82) is 0 Å². The molecule has 94 valence electrons. The van der Waals surface area contributed by atoms with Crippen LogP contribution in [0.4, 0.5) is 0 Å². The fraction of sp³-hybridized carbons (Fsp3) is 1.00. The molecule has 0 saturated carbocycles. The zero-order valence-corrected chi connectivity index (χ0v) is 11.3. The molecule has 2 nitrogen and oxygen atoms in total. The van der Waals surface area contributed by atoms with Crippen molar-refractivity contribution in [2.45, 2.75) is 66.3 Å². The van der Waals surface area contributed by atoms with Gasteiger partial charge in [0.25, 0.3) is 0 Å². The molecule has 1 aliphatic heterocycles. The van der Waals surface area contributed by atoms with Crippen molar-refractivity contribution in [3.05, 3.63) is 0 Å². The molecular weight excluding hydrogens is 186 g/mol. The van der Waals surface area contributed by atoms with Crippen molar-refractivity contribution in [2.24, 2.45) is 5.92 Å². The first-order valence-electron chi connectivity index (χ1n) is 6.56. The monoisotopic (exact) mass is 217 g/mol. The van der Waals surface area contributed by atoms with Crippen molar-refractivity contribution in [2.75, 3.05) is 13.2 Å². The standard InChI is InChI=1S/C6H13N.C5H12O.C2H6/c1-5-3-4-7-6(5)2;1-2-3-4-5-6;1-2/h5-7H,3-4H2,1-2H3;6H,2-5H2,1H3;1-2H3. The predicted octanol–water partition coefficient (Wildman–Crippen LogP) is 3.20. The van der Waals surface area contributed by atoms with E-state index in [1.54, 1.807) is 0 Å². The van der Waals surface area contributed by atoms with Crippen LogP contribution in [0, 0.1) is 5.92 Å². The van der Waals surface area contributed by atoms with Crippen molar-refractivity contribution in [1.82, 2.24) is 5.32 Å². The summed E-state index contributed by atoms with van der Waals surface area (Å²) < 4.78 is 0. The number of hydrogen-bond donors (Lipinski definition) is 2. The Morgan fingerprint density at radius 2 is 1.80 bits per heavy atom. The summed E-state index contributed by atoms with van der Waals surface area (Å²) in [6.45, 7) is 12.2. The molecule has 2 N–H and O–H groups in total. The Labute approximate surface area is 96.5 Å². The summed E-state index contributed by atoms with van der Waals surface area (Å²) in [4.78, 5) is 0. The molecule has 1 fully saturated rings. The summed E-state index contributed by atoms with van der Waals surface area (Å²) in [7, 11) is 0. The van der Waals surface area contributed by atoms with Gasteiger partial charge in [0.05, 0.1) is 0 Å². The minimum absolute atomic E-state index is 0.355. The van der Waals surface area contributed by atoms with Gasteiger partial charge in [-0.15, -0.1) is 0 Å². The van der Waals surface area contributed by atoms with Crippen LogP contribution in [0.1, 0.15) is 60.3 Å². The zero-order chi connectivity index (χ0) is 12.1. The molecule has 0 aromatic rings. The minimum Gasteiger partial charge on any atom is -0.396 e. The molecule has 15 heavy (non-hydrogen) atoms. The van der Waals surface area contributed by atoms with E-state index in [0.717, 1.165) is 24.8 Å². The Morgan fingerprint density at radius 3 is 1.93 bits per heavy atom. The first-order chi connectivity index (χ1) is 7.22. The van der Waals surface area contributed by atoms with Gasteiger partial charge in [-0.05, 0) is 32.2 Å². The zero-order valence-electron chi connectivity index (χ0n) is 11.3. The van der Waals surface area contributed by atoms with E-state index in [2.05, 4.69) is 26.1 Å². The smallest absolute Gasteiger partial charge is 0.0431 e. The lowest BCUT2D eigenvalue weighted by atomic mass is 10.1. The van der Waals surface area contributed by atoms with Gasteiger partial charge < -0.3 is 10.4 Å². The molecule has 2 atom stereocenters. The maximum absolute atomic E-state index is 8.20. The maximum Gasteiger partial charge on any atom is 0.0431 e. The van der Waals surface area contributed by atoms with Crippen LogP contribution < -0.4 is 5.32 Å². The van der Waals surface area contributed by atoms with E-state index in [1.165, 1.54) is 19.4 Å². The molecular formula is C13H31NO. The Balaban J connectivity index is 0. The summed E-state index contributed by atoms with van der Waals surface area (Å²) in [6.07, 6.45) is 4.69. The Kier molecular flexibility index (Phi) is 16.1. The van der Waals surface area contributed by atoms with Crippen molar-refractivity contribution in [3.63, 3.8) is 0 Å². The summed E-state index contributed by atoms with van der Waals surface area (Å²) in [5.41, 5.74) is 0. The van der Waals surface area contributed by atoms with Crippen LogP contribution >= 0.6 is 0 Å². The fourth-order valence-corrected chi connectivity index (χ4v) is 1.35. The van der Waals surface area contributed by atoms with Gasteiger partial charge in [0.15, 0.2) is 0 Å². The number of unbranched alkanes of at least 4 members (excludes halogenated alkanes) is 2. The highest BCUT2D eigenvalue weighted by atomic mass is 16.2. The second-order valence-corrected chi connectivity index (χ2v) is 3.94. The molecule has 0 aromatic carbocycles. The highest BCUT2D eigenvalue weighted by Gasteiger charge is 2.16. The van der Waals surface area contributed by atoms with Gasteiger partial charge in [-0.2, -0.15) is 0 Å². The molecule has 0 spiro atoms. The third-order valence-electron chi connectivity index (χ3n) is 2.68. The average Bonchev–Trinajstić information content (AvgIpc) is 2.64. The fourth-order valence-electron chi connectivity index (χ4n) is 1.35. The quantitative estimate of drug-likeness (QED) is 0.712. The molecule has 1 rings (SSSR count). The van der Waals surface area contributed by atoms with Crippen LogP contribution in [0.3, 0.4) is 0 Å². The second-order valence-electron chi connectivity index (χ2n) is 3.94. The number of aliphatic hydroxyl groups is 1. The number of aliphatic hydroxyl groups excluding tert-OH is 1. The number of nitrogens with one attached hydrogen (secondary N) is 1. The first kappa shape index (κ1) is 17.3. The van der Waals surface area contributed by atoms with E-state index >= 15 is 0 Å². The minimum atomic E-state index is 0.355. The van der Waals surface area contributed by atoms with E-state index in [9.17, 15) is 0 Å². The summed E-state index contributed by atoms with van der Waals surface area (Å²) in [5.74, 6) is 0.903. The normalized spacial score (nSPS) is 23.6. The predicted molar refractivity (Wildman–Crippen MR) is 69.2 cm³/mol. The highest BCUT2D eigenvalue weighted by Crippen LogP contribution is 2.12. The third-order valence-corrected chi connectivity index (χ3v) is 2.68. The van der Waals surface area contributed by atoms with Gasteiger partial charge in [0, 0.05) is 12.6 Å². The van der Waals surface area contributed by atoms with Gasteiger partial charge in [-0.3, -0.25) is 0 Å². The summed E-state index contributed by atoms with van der Waals surface area (Å²) in [6, 6.07) is 0.764. The van der Waals surface area contributed by atoms with Crippen LogP contribution in [0.2, 0.25) is 0 Å². The molecule has 1 saturated heterocycles. The maximum atomic E-state index is 8.20. The third kappa shape index (κ3) is 11.8. The first-order valence-corrected chi connectivity index (χ1v) is 6.56. The van der Waals surface area contributed by atoms with Crippen LogP contribution in [0.15, 0.2) is 0 Å². The van der Waals surface area contributed by atoms with Gasteiger partial charge in [0.1, 0.15) is 0 Å². The lowest BCUT2D eigenvalue weighted by Gasteiger charge is -2.05. The van der Waals surface area contributed by atoms with E-state index in [0.29, 0.717) is 6.61 Å². The molecule has 1 aliphatic rings. The Morgan fingerprint density at radius 1 is 1.20 bits per heavy atom. The van der Waals surface area contributed by atoms with Gasteiger partial charge in [0.2, 0.25) is 0 Å². The van der Waals surface area contributed by atoms with Crippen LogP contribution in [0.25, 0.3) is 0 Å². The van der Waals surface area contributed by atoms with Crippen LogP contribution in [-0.4, -0.2) is 24.3 Å². The van der Waals surface area contributed by atoms with Crippen LogP contribution in [-0.2, 0) is 0 Å². The lowest BCUT2D eigenvalue weighted by Crippen LogP contribution is -2.20. The molecule has 2 unspecified atom stereocenters. The largest absolute Gasteiger partial charge is 0.396 e. The number of hydrogen-bond acceptors (Lipinski definition) is 2. The summed E-state index contributed by atoms with van der Waals surface area (Å²) in [5, 5.41) is 11.6. The lowest BCUT2D eigenvalue weighted by molar-refractivity contribution is 0.284. The van der Waals surface area contributed by atoms with E-state index < -0.39 is 0 Å². The van der Waals surface area contributed by atoms with Gasteiger partial charge in [-0.1, -0.05) is 40.5 Å². The van der Waals surface area contributed by atoms with Gasteiger partial charge in [-0.25, -0.2) is 0 Å².